The number of sulfonamides is 1. The molecule has 3 rings (SSSR count). The van der Waals surface area contributed by atoms with Crippen LogP contribution in [0.3, 0.4) is 0 Å². The number of benzene rings is 2. The zero-order chi connectivity index (χ0) is 21.2. The molecule has 10 heteroatoms. The van der Waals surface area contributed by atoms with E-state index in [0.29, 0.717) is 0 Å². The summed E-state index contributed by atoms with van der Waals surface area (Å²) in [6.45, 7) is 0. The Morgan fingerprint density at radius 1 is 0.966 bits per heavy atom. The molecule has 29 heavy (non-hydrogen) atoms. The number of anilines is 2. The van der Waals surface area contributed by atoms with Crippen LogP contribution in [0.15, 0.2) is 65.1 Å². The quantitative estimate of drug-likeness (QED) is 0.627. The van der Waals surface area contributed by atoms with Gasteiger partial charge >= 0.3 is 6.18 Å². The lowest BCUT2D eigenvalue weighted by Gasteiger charge is -2.11. The number of para-hydroxylation sites is 2. The standard InChI is InChI=1S/C19H15F3N2O4S/c1-29(26,27)24-15-8-3-2-7-14(15)23-18(25)17-10-9-16(28-17)12-5-4-6-13(11-12)19(20,21)22/h2-11,24H,1H3,(H,23,25). The van der Waals surface area contributed by atoms with Gasteiger partial charge in [-0.05, 0) is 36.4 Å². The van der Waals surface area contributed by atoms with Crippen molar-refractivity contribution >= 4 is 27.3 Å². The summed E-state index contributed by atoms with van der Waals surface area (Å²) in [6, 6.07) is 13.4. The van der Waals surface area contributed by atoms with Crippen molar-refractivity contribution in [2.45, 2.75) is 6.18 Å². The van der Waals surface area contributed by atoms with Crippen LogP contribution in [0.2, 0.25) is 0 Å². The van der Waals surface area contributed by atoms with Crippen LogP contribution in [0.1, 0.15) is 16.1 Å². The Hall–Kier alpha value is -3.27. The van der Waals surface area contributed by atoms with Crippen molar-refractivity contribution < 1.29 is 30.8 Å². The summed E-state index contributed by atoms with van der Waals surface area (Å²) in [7, 11) is -3.56. The van der Waals surface area contributed by atoms with E-state index < -0.39 is 27.7 Å². The third kappa shape index (κ3) is 5.17. The lowest BCUT2D eigenvalue weighted by molar-refractivity contribution is -0.137. The summed E-state index contributed by atoms with van der Waals surface area (Å²) >= 11 is 0. The fourth-order valence-electron chi connectivity index (χ4n) is 2.53. The molecule has 0 saturated carbocycles. The Morgan fingerprint density at radius 2 is 1.66 bits per heavy atom. The van der Waals surface area contributed by atoms with E-state index in [2.05, 4.69) is 10.0 Å². The lowest BCUT2D eigenvalue weighted by Crippen LogP contribution is -2.15. The first-order valence-electron chi connectivity index (χ1n) is 8.18. The number of nitrogens with one attached hydrogen (secondary N) is 2. The number of furan rings is 1. The zero-order valence-corrected chi connectivity index (χ0v) is 15.8. The van der Waals surface area contributed by atoms with Crippen molar-refractivity contribution in [2.24, 2.45) is 0 Å². The van der Waals surface area contributed by atoms with E-state index in [4.69, 9.17) is 4.42 Å². The number of carbonyl (C=O) groups is 1. The highest BCUT2D eigenvalue weighted by molar-refractivity contribution is 7.92. The van der Waals surface area contributed by atoms with E-state index in [9.17, 15) is 26.4 Å². The maximum atomic E-state index is 12.9. The molecule has 0 fully saturated rings. The van der Waals surface area contributed by atoms with Gasteiger partial charge < -0.3 is 9.73 Å². The summed E-state index contributed by atoms with van der Waals surface area (Å²) in [6.07, 6.45) is -3.53. The zero-order valence-electron chi connectivity index (χ0n) is 14.9. The van der Waals surface area contributed by atoms with Gasteiger partial charge in [0.05, 0.1) is 23.2 Å². The van der Waals surface area contributed by atoms with Crippen molar-refractivity contribution in [3.05, 3.63) is 72.0 Å². The molecule has 152 valence electrons. The van der Waals surface area contributed by atoms with Crippen LogP contribution in [0.4, 0.5) is 24.5 Å². The molecule has 0 aliphatic heterocycles. The van der Waals surface area contributed by atoms with E-state index in [0.717, 1.165) is 18.4 Å². The average molecular weight is 424 g/mol. The normalized spacial score (nSPS) is 11.9. The molecule has 0 unspecified atom stereocenters. The van der Waals surface area contributed by atoms with Gasteiger partial charge in [-0.1, -0.05) is 24.3 Å². The van der Waals surface area contributed by atoms with E-state index >= 15 is 0 Å². The summed E-state index contributed by atoms with van der Waals surface area (Å²) in [4.78, 5) is 12.4. The molecular weight excluding hydrogens is 409 g/mol. The lowest BCUT2D eigenvalue weighted by atomic mass is 10.1. The number of rotatable bonds is 5. The van der Waals surface area contributed by atoms with Crippen LogP contribution >= 0.6 is 0 Å². The van der Waals surface area contributed by atoms with Crippen LogP contribution in [-0.4, -0.2) is 20.6 Å². The molecule has 0 radical (unpaired) electrons. The number of carbonyl (C=O) groups excluding carboxylic acids is 1. The molecular formula is C19H15F3N2O4S. The molecule has 3 aromatic rings. The monoisotopic (exact) mass is 424 g/mol. The second-order valence-corrected chi connectivity index (χ2v) is 7.86. The maximum Gasteiger partial charge on any atom is 0.416 e. The second kappa shape index (κ2) is 7.63. The third-order valence-electron chi connectivity index (χ3n) is 3.77. The van der Waals surface area contributed by atoms with Crippen molar-refractivity contribution in [1.82, 2.24) is 0 Å². The van der Waals surface area contributed by atoms with Gasteiger partial charge in [0.15, 0.2) is 5.76 Å². The van der Waals surface area contributed by atoms with Gasteiger partial charge in [-0.25, -0.2) is 8.42 Å². The largest absolute Gasteiger partial charge is 0.451 e. The van der Waals surface area contributed by atoms with Crippen LogP contribution < -0.4 is 10.0 Å². The number of hydrogen-bond donors (Lipinski definition) is 2. The van der Waals surface area contributed by atoms with Gasteiger partial charge in [-0.2, -0.15) is 13.2 Å². The van der Waals surface area contributed by atoms with Crippen molar-refractivity contribution in [2.75, 3.05) is 16.3 Å². The average Bonchev–Trinajstić information content (AvgIpc) is 3.12. The van der Waals surface area contributed by atoms with Crippen LogP contribution in [0.25, 0.3) is 11.3 Å². The van der Waals surface area contributed by atoms with Crippen LogP contribution in [0.5, 0.6) is 0 Å². The van der Waals surface area contributed by atoms with Crippen molar-refractivity contribution in [3.63, 3.8) is 0 Å². The Bertz CT molecular complexity index is 1150. The number of halogens is 3. The predicted octanol–water partition coefficient (Wildman–Crippen LogP) is 4.59. The summed E-state index contributed by atoms with van der Waals surface area (Å²) in [5, 5.41) is 2.51. The van der Waals surface area contributed by atoms with E-state index in [1.54, 1.807) is 12.1 Å². The highest BCUT2D eigenvalue weighted by Crippen LogP contribution is 2.33. The topological polar surface area (TPSA) is 88.4 Å². The van der Waals surface area contributed by atoms with Crippen molar-refractivity contribution in [3.8, 4) is 11.3 Å². The van der Waals surface area contributed by atoms with E-state index in [1.165, 1.54) is 36.4 Å². The Kier molecular flexibility index (Phi) is 5.38. The molecule has 6 nitrogen and oxygen atoms in total. The SMILES string of the molecule is CS(=O)(=O)Nc1ccccc1NC(=O)c1ccc(-c2cccc(C(F)(F)F)c2)o1. The Labute approximate surface area is 164 Å². The molecule has 2 N–H and O–H groups in total. The highest BCUT2D eigenvalue weighted by Gasteiger charge is 2.30. The number of alkyl halides is 3. The van der Waals surface area contributed by atoms with Gasteiger partial charge in [0.25, 0.3) is 5.91 Å². The third-order valence-corrected chi connectivity index (χ3v) is 4.37. The first-order valence-corrected chi connectivity index (χ1v) is 10.1. The number of amides is 1. The summed E-state index contributed by atoms with van der Waals surface area (Å²) in [5.74, 6) is -0.749. The van der Waals surface area contributed by atoms with Gasteiger partial charge in [-0.3, -0.25) is 9.52 Å². The molecule has 0 aliphatic rings. The maximum absolute atomic E-state index is 12.9. The fourth-order valence-corrected chi connectivity index (χ4v) is 3.11. The minimum absolute atomic E-state index is 0.0868. The van der Waals surface area contributed by atoms with Crippen LogP contribution in [0, 0.1) is 0 Å². The van der Waals surface area contributed by atoms with Gasteiger partial charge in [0.2, 0.25) is 10.0 Å². The second-order valence-electron chi connectivity index (χ2n) is 6.12. The molecule has 0 atom stereocenters. The minimum atomic E-state index is -4.50. The molecule has 2 aromatic carbocycles. The molecule has 0 saturated heterocycles. The van der Waals surface area contributed by atoms with Crippen molar-refractivity contribution in [1.29, 1.82) is 0 Å². The van der Waals surface area contributed by atoms with E-state index in [-0.39, 0.29) is 28.5 Å². The fraction of sp³-hybridized carbons (Fsp3) is 0.105. The molecule has 0 spiro atoms. The van der Waals surface area contributed by atoms with Gasteiger partial charge in [-0.15, -0.1) is 0 Å². The minimum Gasteiger partial charge on any atom is -0.451 e. The first-order chi connectivity index (χ1) is 13.5. The Morgan fingerprint density at radius 3 is 2.31 bits per heavy atom. The molecule has 1 aromatic heterocycles. The molecule has 0 aliphatic carbocycles. The summed E-state index contributed by atoms with van der Waals surface area (Å²) < 4.78 is 69.2. The molecule has 0 bridgehead atoms. The van der Waals surface area contributed by atoms with Gasteiger partial charge in [0.1, 0.15) is 5.76 Å². The first kappa shape index (κ1) is 20.5. The smallest absolute Gasteiger partial charge is 0.416 e. The number of hydrogen-bond acceptors (Lipinski definition) is 4. The highest BCUT2D eigenvalue weighted by atomic mass is 32.2. The Balaban J connectivity index is 1.83. The van der Waals surface area contributed by atoms with E-state index in [1.807, 2.05) is 0 Å². The summed E-state index contributed by atoms with van der Waals surface area (Å²) in [5.41, 5.74) is -0.316. The molecule has 1 heterocycles. The van der Waals surface area contributed by atoms with Gasteiger partial charge in [0, 0.05) is 5.56 Å². The molecule has 1 amide bonds. The predicted molar refractivity (Wildman–Crippen MR) is 102 cm³/mol. The van der Waals surface area contributed by atoms with Crippen LogP contribution in [-0.2, 0) is 16.2 Å².